The van der Waals surface area contributed by atoms with E-state index in [9.17, 15) is 4.79 Å². The van der Waals surface area contributed by atoms with Crippen LogP contribution in [-0.4, -0.2) is 60.0 Å². The van der Waals surface area contributed by atoms with Crippen LogP contribution in [0.15, 0.2) is 12.4 Å². The molecule has 1 aliphatic heterocycles. The average Bonchev–Trinajstić information content (AvgIpc) is 2.82. The maximum Gasteiger partial charge on any atom is 0.254 e. The van der Waals surface area contributed by atoms with Crippen LogP contribution in [-0.2, 0) is 11.8 Å². The molecule has 2 heterocycles. The van der Waals surface area contributed by atoms with Crippen LogP contribution in [0.2, 0.25) is 0 Å². The van der Waals surface area contributed by atoms with Gasteiger partial charge in [-0.15, -0.1) is 0 Å². The number of carbonyl (C=O) groups is 1. The standard InChI is InChI=1S/C12H20N4O2/c1-15-10-11(9-14-15)12(17)13-3-2-4-16-5-7-18-8-6-16/h9-10H,2-8H2,1H3,(H,13,17). The van der Waals surface area contributed by atoms with E-state index in [4.69, 9.17) is 4.74 Å². The molecule has 1 amide bonds. The number of amides is 1. The second-order valence-electron chi connectivity index (χ2n) is 4.47. The van der Waals surface area contributed by atoms with Crippen molar-refractivity contribution in [3.63, 3.8) is 0 Å². The van der Waals surface area contributed by atoms with E-state index in [1.54, 1.807) is 24.1 Å². The third kappa shape index (κ3) is 3.82. The Balaban J connectivity index is 1.61. The highest BCUT2D eigenvalue weighted by Gasteiger charge is 2.10. The van der Waals surface area contributed by atoms with Crippen molar-refractivity contribution in [2.75, 3.05) is 39.4 Å². The van der Waals surface area contributed by atoms with Crippen molar-refractivity contribution in [3.8, 4) is 0 Å². The normalized spacial score (nSPS) is 16.7. The molecule has 0 bridgehead atoms. The number of morpholine rings is 1. The summed E-state index contributed by atoms with van der Waals surface area (Å²) in [6.07, 6.45) is 4.26. The first kappa shape index (κ1) is 13.0. The van der Waals surface area contributed by atoms with Gasteiger partial charge in [-0.1, -0.05) is 0 Å². The molecule has 0 aliphatic carbocycles. The van der Waals surface area contributed by atoms with Gasteiger partial charge < -0.3 is 10.1 Å². The first-order valence-corrected chi connectivity index (χ1v) is 6.32. The van der Waals surface area contributed by atoms with E-state index in [0.29, 0.717) is 12.1 Å². The molecule has 1 fully saturated rings. The molecule has 1 aromatic rings. The number of hydrogen-bond donors (Lipinski definition) is 1. The van der Waals surface area contributed by atoms with Crippen LogP contribution >= 0.6 is 0 Å². The van der Waals surface area contributed by atoms with E-state index in [0.717, 1.165) is 39.3 Å². The van der Waals surface area contributed by atoms with Gasteiger partial charge in [0.15, 0.2) is 0 Å². The zero-order valence-corrected chi connectivity index (χ0v) is 10.8. The van der Waals surface area contributed by atoms with E-state index in [1.807, 2.05) is 0 Å². The van der Waals surface area contributed by atoms with E-state index >= 15 is 0 Å². The SMILES string of the molecule is Cn1cc(C(=O)NCCCN2CCOCC2)cn1. The van der Waals surface area contributed by atoms with Gasteiger partial charge in [-0.2, -0.15) is 5.10 Å². The molecule has 1 N–H and O–H groups in total. The Morgan fingerprint density at radius 3 is 2.94 bits per heavy atom. The Morgan fingerprint density at radius 1 is 1.50 bits per heavy atom. The number of ether oxygens (including phenoxy) is 1. The number of nitrogens with one attached hydrogen (secondary N) is 1. The highest BCUT2D eigenvalue weighted by atomic mass is 16.5. The summed E-state index contributed by atoms with van der Waals surface area (Å²) < 4.78 is 6.91. The number of hydrogen-bond acceptors (Lipinski definition) is 4. The lowest BCUT2D eigenvalue weighted by atomic mass is 10.3. The molecule has 0 aromatic carbocycles. The van der Waals surface area contributed by atoms with Crippen LogP contribution in [0.4, 0.5) is 0 Å². The minimum absolute atomic E-state index is 0.0509. The zero-order chi connectivity index (χ0) is 12.8. The van der Waals surface area contributed by atoms with Gasteiger partial charge in [0.1, 0.15) is 0 Å². The molecule has 18 heavy (non-hydrogen) atoms. The lowest BCUT2D eigenvalue weighted by Gasteiger charge is -2.26. The van der Waals surface area contributed by atoms with E-state index < -0.39 is 0 Å². The van der Waals surface area contributed by atoms with E-state index in [1.165, 1.54) is 0 Å². The zero-order valence-electron chi connectivity index (χ0n) is 10.8. The molecular formula is C12H20N4O2. The second kappa shape index (κ2) is 6.51. The van der Waals surface area contributed by atoms with Crippen molar-refractivity contribution in [2.24, 2.45) is 7.05 Å². The van der Waals surface area contributed by atoms with Crippen molar-refractivity contribution in [1.29, 1.82) is 0 Å². The molecule has 1 saturated heterocycles. The lowest BCUT2D eigenvalue weighted by Crippen LogP contribution is -2.38. The summed E-state index contributed by atoms with van der Waals surface area (Å²) in [5.41, 5.74) is 0.615. The maximum atomic E-state index is 11.7. The van der Waals surface area contributed by atoms with Gasteiger partial charge in [0.2, 0.25) is 0 Å². The smallest absolute Gasteiger partial charge is 0.254 e. The average molecular weight is 252 g/mol. The maximum absolute atomic E-state index is 11.7. The Bertz CT molecular complexity index is 385. The molecule has 0 unspecified atom stereocenters. The summed E-state index contributed by atoms with van der Waals surface area (Å²) in [6.45, 7) is 5.35. The Morgan fingerprint density at radius 2 is 2.28 bits per heavy atom. The van der Waals surface area contributed by atoms with Crippen LogP contribution in [0.3, 0.4) is 0 Å². The molecule has 0 atom stereocenters. The van der Waals surface area contributed by atoms with Gasteiger partial charge in [-0.05, 0) is 13.0 Å². The summed E-state index contributed by atoms with van der Waals surface area (Å²) >= 11 is 0. The molecule has 0 radical (unpaired) electrons. The van der Waals surface area contributed by atoms with Gasteiger partial charge in [-0.25, -0.2) is 0 Å². The summed E-state index contributed by atoms with van der Waals surface area (Å²) in [5.74, 6) is -0.0509. The first-order valence-electron chi connectivity index (χ1n) is 6.32. The molecule has 0 saturated carbocycles. The molecule has 1 aliphatic rings. The quantitative estimate of drug-likeness (QED) is 0.742. The molecule has 1 aromatic heterocycles. The fraction of sp³-hybridized carbons (Fsp3) is 0.667. The van der Waals surface area contributed by atoms with Gasteiger partial charge >= 0.3 is 0 Å². The van der Waals surface area contributed by atoms with Crippen LogP contribution in [0, 0.1) is 0 Å². The van der Waals surface area contributed by atoms with Crippen molar-refractivity contribution in [2.45, 2.75) is 6.42 Å². The molecule has 100 valence electrons. The molecule has 6 heteroatoms. The minimum Gasteiger partial charge on any atom is -0.379 e. The third-order valence-corrected chi connectivity index (χ3v) is 3.01. The highest BCUT2D eigenvalue weighted by Crippen LogP contribution is 1.98. The predicted octanol–water partition coefficient (Wildman–Crippen LogP) is -0.128. The van der Waals surface area contributed by atoms with Crippen molar-refractivity contribution >= 4 is 5.91 Å². The summed E-state index contributed by atoms with van der Waals surface area (Å²) in [7, 11) is 1.80. The van der Waals surface area contributed by atoms with Gasteiger partial charge in [0.25, 0.3) is 5.91 Å². The highest BCUT2D eigenvalue weighted by molar-refractivity contribution is 5.93. The van der Waals surface area contributed by atoms with E-state index in [-0.39, 0.29) is 5.91 Å². The lowest BCUT2D eigenvalue weighted by molar-refractivity contribution is 0.0374. The number of rotatable bonds is 5. The van der Waals surface area contributed by atoms with Gasteiger partial charge in [-0.3, -0.25) is 14.4 Å². The van der Waals surface area contributed by atoms with Crippen LogP contribution in [0.1, 0.15) is 16.8 Å². The van der Waals surface area contributed by atoms with Crippen LogP contribution < -0.4 is 5.32 Å². The molecule has 0 spiro atoms. The second-order valence-corrected chi connectivity index (χ2v) is 4.47. The molecular weight excluding hydrogens is 232 g/mol. The van der Waals surface area contributed by atoms with E-state index in [2.05, 4.69) is 15.3 Å². The van der Waals surface area contributed by atoms with Crippen LogP contribution in [0.5, 0.6) is 0 Å². The number of nitrogens with zero attached hydrogens (tertiary/aromatic N) is 3. The Kier molecular flexibility index (Phi) is 4.72. The number of aryl methyl sites for hydroxylation is 1. The number of carbonyl (C=O) groups excluding carboxylic acids is 1. The largest absolute Gasteiger partial charge is 0.379 e. The number of aromatic nitrogens is 2. The summed E-state index contributed by atoms with van der Waals surface area (Å²) in [4.78, 5) is 14.1. The topological polar surface area (TPSA) is 59.4 Å². The van der Waals surface area contributed by atoms with Gasteiger partial charge in [0, 0.05) is 32.9 Å². The molecule has 6 nitrogen and oxygen atoms in total. The van der Waals surface area contributed by atoms with Crippen molar-refractivity contribution in [3.05, 3.63) is 18.0 Å². The Labute approximate surface area is 107 Å². The summed E-state index contributed by atoms with van der Waals surface area (Å²) in [6, 6.07) is 0. The minimum atomic E-state index is -0.0509. The van der Waals surface area contributed by atoms with Crippen LogP contribution in [0.25, 0.3) is 0 Å². The predicted molar refractivity (Wildman–Crippen MR) is 67.4 cm³/mol. The monoisotopic (exact) mass is 252 g/mol. The fourth-order valence-electron chi connectivity index (χ4n) is 1.97. The fourth-order valence-corrected chi connectivity index (χ4v) is 1.97. The van der Waals surface area contributed by atoms with Gasteiger partial charge in [0.05, 0.1) is 25.0 Å². The molecule has 2 rings (SSSR count). The summed E-state index contributed by atoms with van der Waals surface area (Å²) in [5, 5.41) is 6.87. The first-order chi connectivity index (χ1) is 8.75. The Hall–Kier alpha value is -1.40. The van der Waals surface area contributed by atoms with Crippen molar-refractivity contribution in [1.82, 2.24) is 20.0 Å². The van der Waals surface area contributed by atoms with Crippen molar-refractivity contribution < 1.29 is 9.53 Å². The third-order valence-electron chi connectivity index (χ3n) is 3.01.